The second-order valence-corrected chi connectivity index (χ2v) is 7.14. The lowest BCUT2D eigenvalue weighted by molar-refractivity contribution is -0.123. The van der Waals surface area contributed by atoms with E-state index in [0.717, 1.165) is 6.42 Å². The number of carbonyl (C=O) groups is 2. The Balaban J connectivity index is 2.11. The summed E-state index contributed by atoms with van der Waals surface area (Å²) in [5, 5.41) is 6.57. The minimum Gasteiger partial charge on any atom is -0.493 e. The van der Waals surface area contributed by atoms with Gasteiger partial charge in [-0.05, 0) is 36.6 Å². The average molecular weight is 429 g/mol. The molecule has 0 aliphatic carbocycles. The van der Waals surface area contributed by atoms with Gasteiger partial charge in [0.05, 0.1) is 25.5 Å². The molecular formula is C23H28FN3O4. The predicted octanol–water partition coefficient (Wildman–Crippen LogP) is 3.53. The summed E-state index contributed by atoms with van der Waals surface area (Å²) in [5.41, 5.74) is 2.93. The van der Waals surface area contributed by atoms with Crippen molar-refractivity contribution in [2.24, 2.45) is 11.0 Å². The van der Waals surface area contributed by atoms with Crippen LogP contribution in [0.25, 0.3) is 0 Å². The summed E-state index contributed by atoms with van der Waals surface area (Å²) in [5.74, 6) is -1.00. The summed E-state index contributed by atoms with van der Waals surface area (Å²) in [4.78, 5) is 25.0. The van der Waals surface area contributed by atoms with Gasteiger partial charge in [0.1, 0.15) is 11.9 Å². The molecule has 2 aromatic rings. The van der Waals surface area contributed by atoms with E-state index in [1.54, 1.807) is 45.2 Å². The Labute approximate surface area is 181 Å². The van der Waals surface area contributed by atoms with Crippen LogP contribution in [0.3, 0.4) is 0 Å². The van der Waals surface area contributed by atoms with Gasteiger partial charge in [-0.15, -0.1) is 0 Å². The molecule has 166 valence electrons. The van der Waals surface area contributed by atoms with Crippen molar-refractivity contribution in [2.45, 2.75) is 33.2 Å². The second kappa shape index (κ2) is 11.7. The van der Waals surface area contributed by atoms with Crippen molar-refractivity contribution < 1.29 is 23.5 Å². The Morgan fingerprint density at radius 2 is 1.90 bits per heavy atom. The van der Waals surface area contributed by atoms with E-state index in [1.165, 1.54) is 24.4 Å². The molecule has 0 bridgehead atoms. The van der Waals surface area contributed by atoms with Crippen LogP contribution in [0, 0.1) is 11.7 Å². The number of amides is 2. The van der Waals surface area contributed by atoms with Crippen molar-refractivity contribution in [2.75, 3.05) is 13.7 Å². The second-order valence-electron chi connectivity index (χ2n) is 7.14. The number of ether oxygens (including phenoxy) is 2. The molecule has 2 amide bonds. The smallest absolute Gasteiger partial charge is 0.262 e. The van der Waals surface area contributed by atoms with Gasteiger partial charge < -0.3 is 14.8 Å². The molecule has 2 rings (SSSR count). The predicted molar refractivity (Wildman–Crippen MR) is 117 cm³/mol. The van der Waals surface area contributed by atoms with Crippen LogP contribution in [-0.2, 0) is 4.79 Å². The van der Waals surface area contributed by atoms with Crippen molar-refractivity contribution in [3.63, 3.8) is 0 Å². The number of benzene rings is 2. The van der Waals surface area contributed by atoms with Gasteiger partial charge >= 0.3 is 0 Å². The Bertz CT molecular complexity index is 931. The van der Waals surface area contributed by atoms with E-state index in [9.17, 15) is 14.0 Å². The number of rotatable bonds is 10. The van der Waals surface area contributed by atoms with Crippen LogP contribution in [0.4, 0.5) is 4.39 Å². The Morgan fingerprint density at radius 1 is 1.16 bits per heavy atom. The summed E-state index contributed by atoms with van der Waals surface area (Å²) >= 11 is 0. The van der Waals surface area contributed by atoms with E-state index < -0.39 is 23.7 Å². The number of nitrogens with one attached hydrogen (secondary N) is 2. The molecule has 31 heavy (non-hydrogen) atoms. The van der Waals surface area contributed by atoms with Crippen LogP contribution in [0.2, 0.25) is 0 Å². The van der Waals surface area contributed by atoms with Crippen LogP contribution in [0.15, 0.2) is 47.6 Å². The number of hydrazone groups is 1. The maximum absolute atomic E-state index is 13.9. The topological polar surface area (TPSA) is 89.0 Å². The molecule has 8 heteroatoms. The molecule has 0 spiro atoms. The lowest BCUT2D eigenvalue weighted by Crippen LogP contribution is -2.48. The van der Waals surface area contributed by atoms with Crippen LogP contribution >= 0.6 is 0 Å². The minimum absolute atomic E-state index is 0.126. The summed E-state index contributed by atoms with van der Waals surface area (Å²) in [6.45, 7) is 6.04. The lowest BCUT2D eigenvalue weighted by atomic mass is 10.0. The Morgan fingerprint density at radius 3 is 2.55 bits per heavy atom. The molecule has 0 aromatic heterocycles. The zero-order valence-corrected chi connectivity index (χ0v) is 18.1. The fourth-order valence-electron chi connectivity index (χ4n) is 2.79. The van der Waals surface area contributed by atoms with Gasteiger partial charge in [-0.2, -0.15) is 5.10 Å². The number of carbonyl (C=O) groups excluding carboxylic acids is 2. The first kappa shape index (κ1) is 23.9. The molecule has 0 aliphatic heterocycles. The third-order valence-corrected chi connectivity index (χ3v) is 4.41. The van der Waals surface area contributed by atoms with Gasteiger partial charge in [-0.3, -0.25) is 9.59 Å². The summed E-state index contributed by atoms with van der Waals surface area (Å²) in [7, 11) is 1.54. The molecular weight excluding hydrogens is 401 g/mol. The molecule has 2 aromatic carbocycles. The maximum atomic E-state index is 13.9. The SMILES string of the molecule is CCCOc1c(C=NNC(=O)C(NC(=O)c2ccccc2F)C(C)C)cccc1OC. The largest absolute Gasteiger partial charge is 0.493 e. The minimum atomic E-state index is -0.898. The van der Waals surface area contributed by atoms with Crippen molar-refractivity contribution in [1.29, 1.82) is 0 Å². The molecule has 1 unspecified atom stereocenters. The molecule has 1 atom stereocenters. The lowest BCUT2D eigenvalue weighted by Gasteiger charge is -2.20. The number of para-hydroxylation sites is 1. The summed E-state index contributed by atoms with van der Waals surface area (Å²) in [6.07, 6.45) is 2.27. The normalized spacial score (nSPS) is 11.9. The van der Waals surface area contributed by atoms with Crippen molar-refractivity contribution in [3.05, 3.63) is 59.4 Å². The number of hydrogen-bond acceptors (Lipinski definition) is 5. The summed E-state index contributed by atoms with van der Waals surface area (Å²) in [6, 6.07) is 10.0. The molecule has 2 N–H and O–H groups in total. The first-order valence-electron chi connectivity index (χ1n) is 10.1. The van der Waals surface area contributed by atoms with Crippen molar-refractivity contribution >= 4 is 18.0 Å². The highest BCUT2D eigenvalue weighted by molar-refractivity contribution is 5.98. The monoisotopic (exact) mass is 429 g/mol. The third kappa shape index (κ3) is 6.53. The van der Waals surface area contributed by atoms with Crippen molar-refractivity contribution in [3.8, 4) is 11.5 Å². The van der Waals surface area contributed by atoms with E-state index in [4.69, 9.17) is 9.47 Å². The van der Waals surface area contributed by atoms with Gasteiger partial charge in [0.25, 0.3) is 11.8 Å². The highest BCUT2D eigenvalue weighted by Crippen LogP contribution is 2.30. The van der Waals surface area contributed by atoms with E-state index in [1.807, 2.05) is 6.92 Å². The number of halogens is 1. The molecule has 0 heterocycles. The molecule has 0 saturated heterocycles. The van der Waals surface area contributed by atoms with E-state index in [2.05, 4.69) is 15.8 Å². The first-order chi connectivity index (χ1) is 14.9. The fourth-order valence-corrected chi connectivity index (χ4v) is 2.79. The van der Waals surface area contributed by atoms with E-state index in [-0.39, 0.29) is 11.5 Å². The van der Waals surface area contributed by atoms with Crippen LogP contribution in [0.1, 0.15) is 43.1 Å². The molecule has 0 saturated carbocycles. The first-order valence-corrected chi connectivity index (χ1v) is 10.1. The quantitative estimate of drug-likeness (QED) is 0.447. The van der Waals surface area contributed by atoms with E-state index in [0.29, 0.717) is 23.7 Å². The van der Waals surface area contributed by atoms with Crippen LogP contribution < -0.4 is 20.2 Å². The van der Waals surface area contributed by atoms with Crippen LogP contribution in [-0.4, -0.2) is 37.8 Å². The van der Waals surface area contributed by atoms with Crippen molar-refractivity contribution in [1.82, 2.24) is 10.7 Å². The molecule has 7 nitrogen and oxygen atoms in total. The Hall–Kier alpha value is -3.42. The van der Waals surface area contributed by atoms with Gasteiger partial charge in [0, 0.05) is 5.56 Å². The van der Waals surface area contributed by atoms with E-state index >= 15 is 0 Å². The molecule has 0 radical (unpaired) electrons. The highest BCUT2D eigenvalue weighted by Gasteiger charge is 2.25. The van der Waals surface area contributed by atoms with Crippen LogP contribution in [0.5, 0.6) is 11.5 Å². The fraction of sp³-hybridized carbons (Fsp3) is 0.348. The molecule has 0 fully saturated rings. The maximum Gasteiger partial charge on any atom is 0.262 e. The highest BCUT2D eigenvalue weighted by atomic mass is 19.1. The summed E-state index contributed by atoms with van der Waals surface area (Å²) < 4.78 is 24.9. The Kier molecular flexibility index (Phi) is 8.99. The number of hydrogen-bond donors (Lipinski definition) is 2. The zero-order chi connectivity index (χ0) is 22.8. The standard InChI is InChI=1S/C23H28FN3O4/c1-5-13-31-21-16(9-8-12-19(21)30-4)14-25-27-23(29)20(15(2)3)26-22(28)17-10-6-7-11-18(17)24/h6-12,14-15,20H,5,13H2,1-4H3,(H,26,28)(H,27,29). The zero-order valence-electron chi connectivity index (χ0n) is 18.1. The van der Waals surface area contributed by atoms with Gasteiger partial charge in [-0.1, -0.05) is 39.0 Å². The molecule has 0 aliphatic rings. The van der Waals surface area contributed by atoms with Gasteiger partial charge in [-0.25, -0.2) is 9.82 Å². The van der Waals surface area contributed by atoms with Gasteiger partial charge in [0.2, 0.25) is 0 Å². The average Bonchev–Trinajstić information content (AvgIpc) is 2.76. The number of nitrogens with zero attached hydrogens (tertiary/aromatic N) is 1. The number of methoxy groups -OCH3 is 1. The van der Waals surface area contributed by atoms with Gasteiger partial charge in [0.15, 0.2) is 11.5 Å². The third-order valence-electron chi connectivity index (χ3n) is 4.41.